The molecule has 0 aromatic carbocycles. The summed E-state index contributed by atoms with van der Waals surface area (Å²) in [6.07, 6.45) is 0. The van der Waals surface area contributed by atoms with Gasteiger partial charge in [0.1, 0.15) is 22.8 Å². The van der Waals surface area contributed by atoms with Crippen LogP contribution < -0.4 is 11.5 Å². The fraction of sp³-hybridized carbons (Fsp3) is 0.214. The highest BCUT2D eigenvalue weighted by Crippen LogP contribution is 2.32. The molecule has 7 nitrogen and oxygen atoms in total. The number of carbonyl (C=O) groups excluding carboxylic acids is 1. The molecule has 8 heteroatoms. The Morgan fingerprint density at radius 1 is 1.45 bits per heavy atom. The molecule has 3 aromatic heterocycles. The van der Waals surface area contributed by atoms with Gasteiger partial charge >= 0.3 is 0 Å². The van der Waals surface area contributed by atoms with Gasteiger partial charge in [-0.3, -0.25) is 4.79 Å². The molecule has 1 amide bonds. The van der Waals surface area contributed by atoms with E-state index in [1.54, 1.807) is 10.7 Å². The maximum absolute atomic E-state index is 11.7. The fourth-order valence-corrected chi connectivity index (χ4v) is 2.86. The number of anilines is 1. The first-order valence-corrected chi connectivity index (χ1v) is 7.55. The Bertz CT molecular complexity index is 817. The highest BCUT2D eigenvalue weighted by molar-refractivity contribution is 7.13. The molecule has 0 aliphatic heterocycles. The van der Waals surface area contributed by atoms with E-state index in [2.05, 4.69) is 10.3 Å². The normalized spacial score (nSPS) is 11.2. The Labute approximate surface area is 130 Å². The van der Waals surface area contributed by atoms with E-state index in [-0.39, 0.29) is 17.4 Å². The van der Waals surface area contributed by atoms with Crippen molar-refractivity contribution < 1.29 is 9.32 Å². The van der Waals surface area contributed by atoms with Crippen LogP contribution in [0.3, 0.4) is 0 Å². The lowest BCUT2D eigenvalue weighted by Gasteiger charge is -2.06. The van der Waals surface area contributed by atoms with Crippen LogP contribution in [-0.4, -0.2) is 20.8 Å². The van der Waals surface area contributed by atoms with Crippen LogP contribution in [-0.2, 0) is 0 Å². The van der Waals surface area contributed by atoms with E-state index in [1.807, 2.05) is 31.4 Å². The summed E-state index contributed by atoms with van der Waals surface area (Å²) in [5.41, 5.74) is 12.4. The summed E-state index contributed by atoms with van der Waals surface area (Å²) < 4.78 is 6.88. The van der Waals surface area contributed by atoms with Crippen LogP contribution >= 0.6 is 11.3 Å². The van der Waals surface area contributed by atoms with Gasteiger partial charge in [-0.05, 0) is 25.3 Å². The molecule has 0 unspecified atom stereocenters. The van der Waals surface area contributed by atoms with Crippen LogP contribution in [0.1, 0.15) is 30.2 Å². The number of hydrogen-bond donors (Lipinski definition) is 2. The lowest BCUT2D eigenvalue weighted by Crippen LogP contribution is -2.15. The van der Waals surface area contributed by atoms with Crippen molar-refractivity contribution in [1.29, 1.82) is 0 Å². The predicted octanol–water partition coefficient (Wildman–Crippen LogP) is 2.53. The first-order chi connectivity index (χ1) is 10.5. The molecule has 0 saturated heterocycles. The third-order valence-corrected chi connectivity index (χ3v) is 4.08. The summed E-state index contributed by atoms with van der Waals surface area (Å²) >= 11 is 1.53. The lowest BCUT2D eigenvalue weighted by molar-refractivity contribution is 0.100. The van der Waals surface area contributed by atoms with Gasteiger partial charge in [-0.25, -0.2) is 4.68 Å². The molecule has 0 spiro atoms. The Hall–Kier alpha value is -2.61. The summed E-state index contributed by atoms with van der Waals surface area (Å²) in [4.78, 5) is 12.7. The zero-order valence-corrected chi connectivity index (χ0v) is 12.9. The Morgan fingerprint density at radius 3 is 2.82 bits per heavy atom. The van der Waals surface area contributed by atoms with E-state index < -0.39 is 5.91 Å². The minimum Gasteiger partial charge on any atom is -0.383 e. The minimum atomic E-state index is -0.639. The van der Waals surface area contributed by atoms with Crippen molar-refractivity contribution in [3.63, 3.8) is 0 Å². The van der Waals surface area contributed by atoms with Crippen molar-refractivity contribution in [3.8, 4) is 22.0 Å². The van der Waals surface area contributed by atoms with Crippen LogP contribution in [0.5, 0.6) is 0 Å². The number of nitrogen functional groups attached to an aromatic ring is 1. The quantitative estimate of drug-likeness (QED) is 0.767. The van der Waals surface area contributed by atoms with Gasteiger partial charge in [0.15, 0.2) is 5.76 Å². The first kappa shape index (κ1) is 14.3. The van der Waals surface area contributed by atoms with E-state index in [9.17, 15) is 4.79 Å². The number of hydrogen-bond acceptors (Lipinski definition) is 6. The van der Waals surface area contributed by atoms with Crippen molar-refractivity contribution in [2.24, 2.45) is 5.73 Å². The number of amides is 1. The van der Waals surface area contributed by atoms with Crippen LogP contribution in [0.4, 0.5) is 5.82 Å². The molecule has 4 N–H and O–H groups in total. The van der Waals surface area contributed by atoms with Gasteiger partial charge in [-0.1, -0.05) is 11.2 Å². The highest BCUT2D eigenvalue weighted by Gasteiger charge is 2.25. The molecular weight excluding hydrogens is 302 g/mol. The first-order valence-electron chi connectivity index (χ1n) is 6.67. The van der Waals surface area contributed by atoms with Gasteiger partial charge in [-0.2, -0.15) is 5.10 Å². The van der Waals surface area contributed by atoms with Crippen molar-refractivity contribution in [2.45, 2.75) is 19.9 Å². The molecule has 0 aliphatic rings. The molecule has 0 aliphatic carbocycles. The van der Waals surface area contributed by atoms with Crippen LogP contribution in [0.2, 0.25) is 0 Å². The summed E-state index contributed by atoms with van der Waals surface area (Å²) in [6.45, 7) is 3.83. The summed E-state index contributed by atoms with van der Waals surface area (Å²) in [6, 6.07) is 5.56. The van der Waals surface area contributed by atoms with Crippen molar-refractivity contribution in [2.75, 3.05) is 5.73 Å². The number of primary amides is 1. The average Bonchev–Trinajstić information content (AvgIpc) is 3.16. The van der Waals surface area contributed by atoms with E-state index in [4.69, 9.17) is 16.0 Å². The zero-order valence-electron chi connectivity index (χ0n) is 12.1. The molecular formula is C14H15N5O2S. The molecule has 0 bridgehead atoms. The number of nitrogens with two attached hydrogens (primary N) is 2. The van der Waals surface area contributed by atoms with Gasteiger partial charge in [0.05, 0.1) is 4.88 Å². The molecule has 3 heterocycles. The molecule has 0 radical (unpaired) electrons. The van der Waals surface area contributed by atoms with E-state index in [0.717, 1.165) is 4.88 Å². The van der Waals surface area contributed by atoms with E-state index in [0.29, 0.717) is 17.1 Å². The molecule has 3 aromatic rings. The Morgan fingerprint density at radius 2 is 2.23 bits per heavy atom. The second kappa shape index (κ2) is 5.30. The summed E-state index contributed by atoms with van der Waals surface area (Å²) in [5, 5.41) is 10.3. The standard InChI is InChI=1S/C14H15N5O2S/c1-7(2)19-13(15)11(14(16)20)12(17-19)8-6-9(21-18-8)10-4-3-5-22-10/h3-7H,15H2,1-2H3,(H2,16,20). The second-order valence-electron chi connectivity index (χ2n) is 5.07. The summed E-state index contributed by atoms with van der Waals surface area (Å²) in [7, 11) is 0. The molecule has 0 fully saturated rings. The number of thiophene rings is 1. The molecule has 114 valence electrons. The van der Waals surface area contributed by atoms with Crippen LogP contribution in [0, 0.1) is 0 Å². The number of aromatic nitrogens is 3. The SMILES string of the molecule is CC(C)n1nc(-c2cc(-c3cccs3)on2)c(C(N)=O)c1N. The number of nitrogens with zero attached hydrogens (tertiary/aromatic N) is 3. The third-order valence-electron chi connectivity index (χ3n) is 3.20. The highest BCUT2D eigenvalue weighted by atomic mass is 32.1. The monoisotopic (exact) mass is 317 g/mol. The van der Waals surface area contributed by atoms with Crippen LogP contribution in [0.25, 0.3) is 22.0 Å². The summed E-state index contributed by atoms with van der Waals surface area (Å²) in [5.74, 6) is 0.205. The van der Waals surface area contributed by atoms with Crippen molar-refractivity contribution in [3.05, 3.63) is 29.1 Å². The van der Waals surface area contributed by atoms with Crippen LogP contribution in [0.15, 0.2) is 28.1 Å². The molecule has 3 rings (SSSR count). The Kier molecular flexibility index (Phi) is 3.45. The molecule has 22 heavy (non-hydrogen) atoms. The maximum atomic E-state index is 11.7. The van der Waals surface area contributed by atoms with Crippen molar-refractivity contribution in [1.82, 2.24) is 14.9 Å². The third kappa shape index (κ3) is 2.27. The minimum absolute atomic E-state index is 0.00415. The largest absolute Gasteiger partial charge is 0.383 e. The predicted molar refractivity (Wildman–Crippen MR) is 84.4 cm³/mol. The lowest BCUT2D eigenvalue weighted by atomic mass is 10.1. The van der Waals surface area contributed by atoms with Gasteiger partial charge in [0.2, 0.25) is 0 Å². The van der Waals surface area contributed by atoms with E-state index in [1.165, 1.54) is 11.3 Å². The average molecular weight is 317 g/mol. The zero-order chi connectivity index (χ0) is 15.9. The smallest absolute Gasteiger partial charge is 0.254 e. The van der Waals surface area contributed by atoms with Gasteiger partial charge in [-0.15, -0.1) is 11.3 Å². The van der Waals surface area contributed by atoms with Gasteiger partial charge in [0, 0.05) is 12.1 Å². The molecule has 0 saturated carbocycles. The second-order valence-corrected chi connectivity index (χ2v) is 6.01. The topological polar surface area (TPSA) is 113 Å². The number of rotatable bonds is 4. The number of carbonyl (C=O) groups is 1. The molecule has 0 atom stereocenters. The maximum Gasteiger partial charge on any atom is 0.254 e. The van der Waals surface area contributed by atoms with Crippen molar-refractivity contribution >= 4 is 23.1 Å². The van der Waals surface area contributed by atoms with Gasteiger partial charge < -0.3 is 16.0 Å². The fourth-order valence-electron chi connectivity index (χ4n) is 2.19. The Balaban J connectivity index is 2.12. The van der Waals surface area contributed by atoms with Gasteiger partial charge in [0.25, 0.3) is 5.91 Å². The van der Waals surface area contributed by atoms with E-state index >= 15 is 0 Å².